The fourth-order valence-corrected chi connectivity index (χ4v) is 4.20. The van der Waals surface area contributed by atoms with Crippen LogP contribution in [-0.2, 0) is 31.2 Å². The van der Waals surface area contributed by atoms with Crippen molar-refractivity contribution in [1.82, 2.24) is 0 Å². The largest absolute Gasteiger partial charge is 0.523 e. The summed E-state index contributed by atoms with van der Waals surface area (Å²) in [5, 5.41) is 0. The van der Waals surface area contributed by atoms with E-state index < -0.39 is 27.5 Å². The standard InChI is InChI=1S/C22H17F3O4S/c23-22(24,25)30(26,27)29-21(18-12-5-2-6-13-18)19-14-8-7-11-17(19)15-20(28-21)16-9-3-1-4-10-16/h1-14,20H,15H2. The first-order valence-corrected chi connectivity index (χ1v) is 10.5. The van der Waals surface area contributed by atoms with Gasteiger partial charge in [0.2, 0.25) is 5.79 Å². The van der Waals surface area contributed by atoms with Crippen LogP contribution in [0.1, 0.15) is 28.4 Å². The molecule has 0 saturated carbocycles. The van der Waals surface area contributed by atoms with Gasteiger partial charge in [-0.2, -0.15) is 21.6 Å². The molecular weight excluding hydrogens is 417 g/mol. The van der Waals surface area contributed by atoms with E-state index >= 15 is 0 Å². The van der Waals surface area contributed by atoms with Crippen LogP contribution in [0.15, 0.2) is 84.9 Å². The molecule has 0 aliphatic carbocycles. The summed E-state index contributed by atoms with van der Waals surface area (Å²) in [4.78, 5) is 0. The van der Waals surface area contributed by atoms with Gasteiger partial charge in [0, 0.05) is 17.5 Å². The van der Waals surface area contributed by atoms with Crippen LogP contribution in [0.5, 0.6) is 0 Å². The molecular formula is C22H17F3O4S. The molecule has 156 valence electrons. The predicted octanol–water partition coefficient (Wildman–Crippen LogP) is 5.07. The van der Waals surface area contributed by atoms with Gasteiger partial charge in [-0.05, 0) is 11.1 Å². The van der Waals surface area contributed by atoms with E-state index in [0.29, 0.717) is 17.5 Å². The van der Waals surface area contributed by atoms with Gasteiger partial charge >= 0.3 is 15.6 Å². The zero-order valence-electron chi connectivity index (χ0n) is 15.5. The summed E-state index contributed by atoms with van der Waals surface area (Å²) in [6.45, 7) is 0. The molecule has 2 atom stereocenters. The van der Waals surface area contributed by atoms with E-state index in [1.54, 1.807) is 66.7 Å². The Morgan fingerprint density at radius 1 is 0.867 bits per heavy atom. The van der Waals surface area contributed by atoms with Crippen molar-refractivity contribution in [2.45, 2.75) is 23.8 Å². The summed E-state index contributed by atoms with van der Waals surface area (Å²) >= 11 is 0. The van der Waals surface area contributed by atoms with Crippen molar-refractivity contribution < 1.29 is 30.5 Å². The Kier molecular flexibility index (Phi) is 5.17. The molecule has 1 aliphatic heterocycles. The van der Waals surface area contributed by atoms with Gasteiger partial charge in [0.05, 0.1) is 6.10 Å². The highest BCUT2D eigenvalue weighted by atomic mass is 32.2. The van der Waals surface area contributed by atoms with Crippen molar-refractivity contribution in [2.24, 2.45) is 0 Å². The molecule has 8 heteroatoms. The number of rotatable bonds is 4. The minimum atomic E-state index is -5.98. The second-order valence-corrected chi connectivity index (χ2v) is 8.38. The fraction of sp³-hybridized carbons (Fsp3) is 0.182. The monoisotopic (exact) mass is 434 g/mol. The third kappa shape index (κ3) is 3.62. The number of hydrogen-bond acceptors (Lipinski definition) is 4. The molecule has 1 heterocycles. The van der Waals surface area contributed by atoms with E-state index in [1.807, 2.05) is 0 Å². The van der Waals surface area contributed by atoms with Crippen molar-refractivity contribution in [2.75, 3.05) is 0 Å². The Bertz CT molecular complexity index is 1130. The van der Waals surface area contributed by atoms with Crippen LogP contribution >= 0.6 is 0 Å². The molecule has 2 unspecified atom stereocenters. The summed E-state index contributed by atoms with van der Waals surface area (Å²) in [7, 11) is -5.98. The zero-order valence-corrected chi connectivity index (χ0v) is 16.4. The van der Waals surface area contributed by atoms with Gasteiger partial charge in [0.15, 0.2) is 0 Å². The molecule has 3 aromatic carbocycles. The molecule has 0 amide bonds. The van der Waals surface area contributed by atoms with Crippen LogP contribution in [0.25, 0.3) is 0 Å². The van der Waals surface area contributed by atoms with Crippen molar-refractivity contribution in [3.05, 3.63) is 107 Å². The average molecular weight is 434 g/mol. The number of fused-ring (bicyclic) bond motifs is 1. The van der Waals surface area contributed by atoms with E-state index in [0.717, 1.165) is 0 Å². The molecule has 0 fully saturated rings. The van der Waals surface area contributed by atoms with Gasteiger partial charge in [-0.15, -0.1) is 0 Å². The number of hydrogen-bond donors (Lipinski definition) is 0. The van der Waals surface area contributed by atoms with Gasteiger partial charge in [-0.25, -0.2) is 4.18 Å². The Hall–Kier alpha value is -2.68. The van der Waals surface area contributed by atoms with Crippen LogP contribution in [-0.4, -0.2) is 13.9 Å². The van der Waals surface area contributed by atoms with Gasteiger partial charge in [0.1, 0.15) is 0 Å². The molecule has 3 aromatic rings. The zero-order chi connectivity index (χ0) is 21.4. The Morgan fingerprint density at radius 2 is 1.43 bits per heavy atom. The van der Waals surface area contributed by atoms with Gasteiger partial charge < -0.3 is 4.74 Å². The van der Waals surface area contributed by atoms with Crippen molar-refractivity contribution >= 4 is 10.1 Å². The summed E-state index contributed by atoms with van der Waals surface area (Å²) in [6, 6.07) is 23.3. The van der Waals surface area contributed by atoms with E-state index in [9.17, 15) is 21.6 Å². The van der Waals surface area contributed by atoms with Gasteiger partial charge in [-0.1, -0.05) is 84.9 Å². The van der Waals surface area contributed by atoms with Crippen LogP contribution in [0.4, 0.5) is 13.2 Å². The van der Waals surface area contributed by atoms with E-state index in [2.05, 4.69) is 0 Å². The van der Waals surface area contributed by atoms with Crippen LogP contribution in [0.3, 0.4) is 0 Å². The van der Waals surface area contributed by atoms with E-state index in [4.69, 9.17) is 8.92 Å². The molecule has 30 heavy (non-hydrogen) atoms. The topological polar surface area (TPSA) is 52.6 Å². The normalized spacial score (nSPS) is 21.8. The van der Waals surface area contributed by atoms with Crippen molar-refractivity contribution in [3.8, 4) is 0 Å². The highest BCUT2D eigenvalue weighted by Gasteiger charge is 2.56. The maximum Gasteiger partial charge on any atom is 0.523 e. The minimum Gasteiger partial charge on any atom is -0.333 e. The Labute approximate surface area is 172 Å². The van der Waals surface area contributed by atoms with E-state index in [1.165, 1.54) is 18.2 Å². The quantitative estimate of drug-likeness (QED) is 0.425. The number of benzene rings is 3. The molecule has 4 nitrogen and oxygen atoms in total. The maximum atomic E-state index is 13.3. The molecule has 0 spiro atoms. The Morgan fingerprint density at radius 3 is 2.07 bits per heavy atom. The van der Waals surface area contributed by atoms with Gasteiger partial charge in [0.25, 0.3) is 0 Å². The summed E-state index contributed by atoms with van der Waals surface area (Å²) in [5.41, 5.74) is -3.91. The molecule has 0 radical (unpaired) electrons. The van der Waals surface area contributed by atoms with Gasteiger partial charge in [-0.3, -0.25) is 0 Å². The molecule has 1 aliphatic rings. The second kappa shape index (κ2) is 7.54. The van der Waals surface area contributed by atoms with Crippen LogP contribution in [0, 0.1) is 0 Å². The smallest absolute Gasteiger partial charge is 0.333 e. The average Bonchev–Trinajstić information content (AvgIpc) is 2.74. The first kappa shape index (κ1) is 20.6. The number of halogens is 3. The van der Waals surface area contributed by atoms with Crippen LogP contribution < -0.4 is 0 Å². The third-order valence-corrected chi connectivity index (χ3v) is 5.94. The fourth-order valence-electron chi connectivity index (χ4n) is 3.57. The predicted molar refractivity (Wildman–Crippen MR) is 104 cm³/mol. The van der Waals surface area contributed by atoms with Crippen LogP contribution in [0.2, 0.25) is 0 Å². The lowest BCUT2D eigenvalue weighted by Crippen LogP contribution is -2.44. The Balaban J connectivity index is 1.95. The number of ether oxygens (including phenoxy) is 1. The van der Waals surface area contributed by atoms with Crippen molar-refractivity contribution in [1.29, 1.82) is 0 Å². The molecule has 4 rings (SSSR count). The molecule has 0 N–H and O–H groups in total. The summed E-state index contributed by atoms with van der Waals surface area (Å²) < 4.78 is 75.2. The molecule has 0 bridgehead atoms. The highest BCUT2D eigenvalue weighted by Crippen LogP contribution is 2.48. The first-order chi connectivity index (χ1) is 14.2. The summed E-state index contributed by atoms with van der Waals surface area (Å²) in [6.07, 6.45) is -0.366. The lowest BCUT2D eigenvalue weighted by molar-refractivity contribution is -0.207. The van der Waals surface area contributed by atoms with E-state index in [-0.39, 0.29) is 11.1 Å². The first-order valence-electron chi connectivity index (χ1n) is 9.11. The summed E-state index contributed by atoms with van der Waals surface area (Å²) in [5.74, 6) is -2.29. The minimum absolute atomic E-state index is 0.144. The van der Waals surface area contributed by atoms with Crippen molar-refractivity contribution in [3.63, 3.8) is 0 Å². The third-order valence-electron chi connectivity index (χ3n) is 4.92. The molecule has 0 aromatic heterocycles. The lowest BCUT2D eigenvalue weighted by atomic mass is 9.86. The highest BCUT2D eigenvalue weighted by molar-refractivity contribution is 7.87. The molecule has 0 saturated heterocycles. The SMILES string of the molecule is O=S(=O)(OC1(c2ccccc2)OC(c2ccccc2)Cc2ccccc21)C(F)(F)F. The lowest BCUT2D eigenvalue weighted by Gasteiger charge is -2.42. The second-order valence-electron chi connectivity index (χ2n) is 6.84. The maximum absolute atomic E-state index is 13.3. The number of alkyl halides is 3.